The Morgan fingerprint density at radius 2 is 0.421 bits per heavy atom. The molecule has 0 aliphatic heterocycles. The Morgan fingerprint density at radius 1 is 0.421 bits per heavy atom. The van der Waals surface area contributed by atoms with Crippen LogP contribution in [0.1, 0.15) is 0 Å². The summed E-state index contributed by atoms with van der Waals surface area (Å²) in [6.07, 6.45) is 0. The van der Waals surface area contributed by atoms with Crippen LogP contribution >= 0.6 is 15.6 Å². The van der Waals surface area contributed by atoms with E-state index in [1.165, 1.54) is 0 Å². The second kappa shape index (κ2) is 4.53. The van der Waals surface area contributed by atoms with Crippen molar-refractivity contribution in [3.63, 3.8) is 0 Å². The van der Waals surface area contributed by atoms with Crippen LogP contribution in [0.3, 0.4) is 0 Å². The summed E-state index contributed by atoms with van der Waals surface area (Å²) in [4.78, 5) is 0. The van der Waals surface area contributed by atoms with Crippen LogP contribution in [0.5, 0.6) is 0 Å². The monoisotopic (exact) mass is 588 g/mol. The molecule has 0 fully saturated rings. The van der Waals surface area contributed by atoms with Crippen molar-refractivity contribution in [2.75, 3.05) is 0 Å². The van der Waals surface area contributed by atoms with Crippen LogP contribution in [-0.4, -0.2) is 0 Å². The number of rotatable bonds is 0. The summed E-state index contributed by atoms with van der Waals surface area (Å²) in [6.45, 7) is 0. The molecule has 0 nitrogen and oxygen atoms in total. The Balaban J connectivity index is -0.000000206. The van der Waals surface area contributed by atoms with Gasteiger partial charge >= 0.3 is 106 Å². The molecule has 0 rings (SSSR count). The fraction of sp³-hybridized carbons (Fsp3) is 1.00. The Bertz CT molecular complexity index is 237. The molecule has 0 aliphatic rings. The molecule has 0 aliphatic carbocycles. The molecule has 0 N–H and O–H groups in total. The van der Waals surface area contributed by atoms with E-state index in [0.717, 1.165) is 0 Å². The van der Waals surface area contributed by atoms with Crippen LogP contribution in [0.25, 0.3) is 0 Å². The molecule has 0 saturated heterocycles. The summed E-state index contributed by atoms with van der Waals surface area (Å²) < 4.78 is 128. The van der Waals surface area contributed by atoms with E-state index in [2.05, 4.69) is 15.8 Å². The van der Waals surface area contributed by atoms with Crippen LogP contribution in [0, 0.1) is 24.4 Å². The molecule has 0 radical (unpaired) electrons. The van der Waals surface area contributed by atoms with Gasteiger partial charge in [0.1, 0.15) is 0 Å². The summed E-state index contributed by atoms with van der Waals surface area (Å²) in [5, 5.41) is 0. The normalized spacial score (nSPS) is 20.2. The molecule has 15 heteroatoms. The first-order valence-corrected chi connectivity index (χ1v) is 24.7. The van der Waals surface area contributed by atoms with Gasteiger partial charge in [0.15, 0.2) is 0 Å². The third-order valence-corrected chi connectivity index (χ3v) is 0. The van der Waals surface area contributed by atoms with Gasteiger partial charge < -0.3 is 0 Å². The molecule has 0 heterocycles. The summed E-state index contributed by atoms with van der Waals surface area (Å²) >= 11 is -1.34. The zero-order chi connectivity index (χ0) is 17.3. The van der Waals surface area contributed by atoms with Gasteiger partial charge in [-0.05, 0) is 0 Å². The summed E-state index contributed by atoms with van der Waals surface area (Å²) in [6, 6.07) is 0. The average Bonchev–Trinajstić information content (AvgIpc) is 1.27. The average molecular weight is 588 g/mol. The van der Waals surface area contributed by atoms with Crippen molar-refractivity contribution in [3.05, 3.63) is 0 Å². The molecule has 0 amide bonds. The van der Waals surface area contributed by atoms with Crippen LogP contribution in [-0.2, 0) is 0 Å². The summed E-state index contributed by atoms with van der Waals surface area (Å²) in [7, 11) is -21.3. The number of hydrogen-bond donors (Lipinski definition) is 0. The van der Waals surface area contributed by atoms with Gasteiger partial charge in [-0.25, -0.2) is 0 Å². The molecule has 0 spiro atoms. The predicted molar refractivity (Wildman–Crippen MR) is 50.6 cm³/mol. The van der Waals surface area contributed by atoms with E-state index in [9.17, 15) is 50.4 Å². The van der Waals surface area contributed by atoms with Gasteiger partial charge in [0.2, 0.25) is 0 Å². The van der Waals surface area contributed by atoms with E-state index in [4.69, 9.17) is 0 Å². The topological polar surface area (TPSA) is 0 Å². The van der Waals surface area contributed by atoms with Gasteiger partial charge in [-0.15, -0.1) is 0 Å². The molecule has 0 aromatic carbocycles. The van der Waals surface area contributed by atoms with Crippen LogP contribution in [0.2, 0.25) is 15.8 Å². The van der Waals surface area contributed by atoms with Gasteiger partial charge in [-0.3, -0.25) is 0 Å². The quantitative estimate of drug-likeness (QED) is 0.196. The van der Waals surface area contributed by atoms with Crippen molar-refractivity contribution in [2.45, 2.75) is 15.8 Å². The first kappa shape index (κ1) is 25.1. The van der Waals surface area contributed by atoms with Crippen LogP contribution in [0.15, 0.2) is 0 Å². The number of halogens is 12. The van der Waals surface area contributed by atoms with Gasteiger partial charge in [0.05, 0.1) is 0 Å². The zero-order valence-corrected chi connectivity index (χ0v) is 15.9. The molecule has 19 heavy (non-hydrogen) atoms. The minimum absolute atomic E-state index is 1.34. The van der Waals surface area contributed by atoms with Crippen molar-refractivity contribution in [3.8, 4) is 0 Å². The molecule has 0 aromatic heterocycles. The SMILES string of the molecule is F[P-](F)(F)(F)(F)F.F[P-](F)(F)(F)(F)F.[CH3][U+2]([CH3])([CH3])[CH3]. The molecule has 0 bridgehead atoms. The molecule has 0 atom stereocenters. The molecular weight excluding hydrogens is 576 g/mol. The third-order valence-electron chi connectivity index (χ3n) is 0. The Kier molecular flexibility index (Phi) is 5.98. The van der Waals surface area contributed by atoms with E-state index < -0.39 is 40.0 Å². The van der Waals surface area contributed by atoms with Gasteiger partial charge in [0.25, 0.3) is 0 Å². The Labute approximate surface area is 106 Å². The van der Waals surface area contributed by atoms with Gasteiger partial charge in [-0.2, -0.15) is 0 Å². The summed E-state index contributed by atoms with van der Waals surface area (Å²) in [5.74, 6) is 0. The fourth-order valence-electron chi connectivity index (χ4n) is 0. The van der Waals surface area contributed by atoms with Crippen molar-refractivity contribution in [1.82, 2.24) is 0 Å². The van der Waals surface area contributed by atoms with E-state index in [1.807, 2.05) is 0 Å². The van der Waals surface area contributed by atoms with E-state index >= 15 is 0 Å². The predicted octanol–water partition coefficient (Wildman–Crippen LogP) is 9.10. The molecule has 0 unspecified atom stereocenters. The standard InChI is InChI=1S/4CH3.2F6P.U/c;;;;2*1-7(2,3,4,5)6;/h4*1H3;;;/q;;;;2*-1;+2. The maximum atomic E-state index is 9.87. The van der Waals surface area contributed by atoms with Crippen LogP contribution in [0.4, 0.5) is 50.4 Å². The van der Waals surface area contributed by atoms with Gasteiger partial charge in [-0.1, -0.05) is 0 Å². The van der Waals surface area contributed by atoms with E-state index in [0.29, 0.717) is 0 Å². The molecule has 0 saturated carbocycles. The second-order valence-electron chi connectivity index (χ2n) is 4.92. The molecule has 126 valence electrons. The van der Waals surface area contributed by atoms with Crippen molar-refractivity contribution >= 4 is 15.6 Å². The maximum absolute atomic E-state index is 10.7. The first-order chi connectivity index (χ1) is 6.90. The van der Waals surface area contributed by atoms with Crippen molar-refractivity contribution in [2.24, 2.45) is 0 Å². The van der Waals surface area contributed by atoms with E-state index in [-0.39, 0.29) is 0 Å². The Morgan fingerprint density at radius 3 is 0.421 bits per heavy atom. The summed E-state index contributed by atoms with van der Waals surface area (Å²) in [5.41, 5.74) is 0. The van der Waals surface area contributed by atoms with Crippen LogP contribution < -0.4 is 0 Å². The van der Waals surface area contributed by atoms with E-state index in [1.54, 1.807) is 0 Å². The van der Waals surface area contributed by atoms with Crippen molar-refractivity contribution in [1.29, 1.82) is 0 Å². The zero-order valence-electron chi connectivity index (χ0n) is 9.93. The first-order valence-electron chi connectivity index (χ1n) is 4.03. The van der Waals surface area contributed by atoms with Gasteiger partial charge in [0, 0.05) is 0 Å². The molecule has 0 aromatic rings. The van der Waals surface area contributed by atoms with Crippen molar-refractivity contribution < 1.29 is 74.7 Å². The Hall–Kier alpha value is 1.07. The second-order valence-corrected chi connectivity index (χ2v) is 33.7. The molecular formula is C4H12F12P2U. The third kappa shape index (κ3) is 4840. The minimum atomic E-state index is -10.7. The fourth-order valence-corrected chi connectivity index (χ4v) is 0. The number of hydrogen-bond acceptors (Lipinski definition) is 0.